The van der Waals surface area contributed by atoms with Gasteiger partial charge in [0, 0.05) is 6.54 Å². The van der Waals surface area contributed by atoms with Crippen LogP contribution in [-0.2, 0) is 22.5 Å². The number of fused-ring (bicyclic) bond motifs is 1. The lowest BCUT2D eigenvalue weighted by atomic mass is 9.99. The second kappa shape index (κ2) is 7.40. The van der Waals surface area contributed by atoms with E-state index in [-0.39, 0.29) is 35.9 Å². The molecule has 1 saturated heterocycles. The van der Waals surface area contributed by atoms with Crippen LogP contribution in [-0.4, -0.2) is 24.7 Å². The Bertz CT molecular complexity index is 553. The summed E-state index contributed by atoms with van der Waals surface area (Å²) in [5, 5.41) is 5.90. The van der Waals surface area contributed by atoms with Crippen molar-refractivity contribution in [1.82, 2.24) is 5.32 Å². The highest BCUT2D eigenvalue weighted by Crippen LogP contribution is 2.27. The van der Waals surface area contributed by atoms with E-state index in [2.05, 4.69) is 10.6 Å². The monoisotopic (exact) mass is 328 g/mol. The largest absolute Gasteiger partial charge is 0.365 e. The van der Waals surface area contributed by atoms with Gasteiger partial charge in [-0.25, -0.2) is 4.39 Å². The van der Waals surface area contributed by atoms with Crippen molar-refractivity contribution in [1.29, 1.82) is 0 Å². The fourth-order valence-corrected chi connectivity index (χ4v) is 3.04. The molecule has 2 atom stereocenters. The van der Waals surface area contributed by atoms with Crippen LogP contribution in [0.1, 0.15) is 37.3 Å². The maximum Gasteiger partial charge on any atom is 0.253 e. The normalized spacial score (nSPS) is 23.5. The molecule has 0 aromatic heterocycles. The Morgan fingerprint density at radius 3 is 3.00 bits per heavy atom. The molecule has 2 N–H and O–H groups in total. The minimum absolute atomic E-state index is 0. The summed E-state index contributed by atoms with van der Waals surface area (Å²) in [6, 6.07) is 3.52. The molecule has 2 heterocycles. The summed E-state index contributed by atoms with van der Waals surface area (Å²) in [4.78, 5) is 12.2. The summed E-state index contributed by atoms with van der Waals surface area (Å²) >= 11 is 0. The van der Waals surface area contributed by atoms with Crippen LogP contribution in [0.5, 0.6) is 0 Å². The molecule has 0 spiro atoms. The Labute approximate surface area is 136 Å². The number of halogens is 2. The van der Waals surface area contributed by atoms with Crippen LogP contribution in [0, 0.1) is 5.82 Å². The number of carbonyl (C=O) groups excluding carboxylic acids is 1. The third-order valence-corrected chi connectivity index (χ3v) is 4.32. The maximum atomic E-state index is 14.5. The highest BCUT2D eigenvalue weighted by Gasteiger charge is 2.30. The van der Waals surface area contributed by atoms with E-state index in [1.807, 2.05) is 13.0 Å². The molecule has 22 heavy (non-hydrogen) atoms. The standard InChI is InChI=1S/C16H21FN2O2.ClH/c1-2-11-4-6-14(21-11)16(20)19-13-5-3-10-9-18-8-7-12(10)15(13)17;/h3,5,11,14,18H,2,4,6-9H2,1H3,(H,19,20);1H. The highest BCUT2D eigenvalue weighted by atomic mass is 35.5. The van der Waals surface area contributed by atoms with E-state index < -0.39 is 6.10 Å². The van der Waals surface area contributed by atoms with Gasteiger partial charge in [-0.15, -0.1) is 12.4 Å². The molecular formula is C16H22ClFN2O2. The number of rotatable bonds is 3. The molecular weight excluding hydrogens is 307 g/mol. The molecule has 1 amide bonds. The minimum Gasteiger partial charge on any atom is -0.365 e. The van der Waals surface area contributed by atoms with E-state index in [1.54, 1.807) is 6.07 Å². The molecule has 1 aromatic rings. The molecule has 122 valence electrons. The Hall–Kier alpha value is -1.17. The maximum absolute atomic E-state index is 14.5. The molecule has 0 bridgehead atoms. The van der Waals surface area contributed by atoms with Crippen molar-refractivity contribution in [2.24, 2.45) is 0 Å². The number of hydrogen-bond donors (Lipinski definition) is 2. The molecule has 3 rings (SSSR count). The van der Waals surface area contributed by atoms with Crippen LogP contribution in [0.25, 0.3) is 0 Å². The van der Waals surface area contributed by atoms with E-state index in [1.165, 1.54) is 0 Å². The van der Waals surface area contributed by atoms with Gasteiger partial charge in [-0.3, -0.25) is 4.79 Å². The Balaban J connectivity index is 0.00000176. The van der Waals surface area contributed by atoms with Gasteiger partial charge in [0.15, 0.2) is 0 Å². The lowest BCUT2D eigenvalue weighted by molar-refractivity contribution is -0.126. The molecule has 0 aliphatic carbocycles. The number of benzene rings is 1. The predicted octanol–water partition coefficient (Wildman–Crippen LogP) is 2.79. The van der Waals surface area contributed by atoms with Crippen LogP contribution in [0.2, 0.25) is 0 Å². The number of anilines is 1. The average Bonchev–Trinajstić information content (AvgIpc) is 2.99. The van der Waals surface area contributed by atoms with Crippen molar-refractivity contribution >= 4 is 24.0 Å². The van der Waals surface area contributed by atoms with Crippen LogP contribution in [0.4, 0.5) is 10.1 Å². The summed E-state index contributed by atoms with van der Waals surface area (Å²) in [5.41, 5.74) is 1.95. The van der Waals surface area contributed by atoms with Crippen molar-refractivity contribution in [2.75, 3.05) is 11.9 Å². The molecule has 2 aliphatic rings. The summed E-state index contributed by atoms with van der Waals surface area (Å²) < 4.78 is 20.1. The molecule has 0 radical (unpaired) electrons. The van der Waals surface area contributed by atoms with Crippen molar-refractivity contribution < 1.29 is 13.9 Å². The van der Waals surface area contributed by atoms with Crippen molar-refractivity contribution in [3.63, 3.8) is 0 Å². The first-order chi connectivity index (χ1) is 10.2. The van der Waals surface area contributed by atoms with Gasteiger partial charge in [0.1, 0.15) is 11.9 Å². The first-order valence-corrected chi connectivity index (χ1v) is 7.66. The van der Waals surface area contributed by atoms with Gasteiger partial charge in [-0.1, -0.05) is 13.0 Å². The third-order valence-electron chi connectivity index (χ3n) is 4.32. The molecule has 4 nitrogen and oxygen atoms in total. The topological polar surface area (TPSA) is 50.4 Å². The zero-order valence-corrected chi connectivity index (χ0v) is 13.5. The van der Waals surface area contributed by atoms with E-state index in [0.29, 0.717) is 24.9 Å². The summed E-state index contributed by atoms with van der Waals surface area (Å²) in [6.45, 7) is 3.50. The average molecular weight is 329 g/mol. The van der Waals surface area contributed by atoms with Crippen molar-refractivity contribution in [3.8, 4) is 0 Å². The molecule has 1 fully saturated rings. The quantitative estimate of drug-likeness (QED) is 0.897. The van der Waals surface area contributed by atoms with Gasteiger partial charge in [0.2, 0.25) is 0 Å². The fourth-order valence-electron chi connectivity index (χ4n) is 3.04. The first kappa shape index (κ1) is 17.2. The van der Waals surface area contributed by atoms with Gasteiger partial charge < -0.3 is 15.4 Å². The lowest BCUT2D eigenvalue weighted by Gasteiger charge is -2.20. The van der Waals surface area contributed by atoms with E-state index in [0.717, 1.165) is 24.9 Å². The second-order valence-corrected chi connectivity index (χ2v) is 5.71. The number of hydrogen-bond acceptors (Lipinski definition) is 3. The van der Waals surface area contributed by atoms with E-state index in [4.69, 9.17) is 4.74 Å². The molecule has 2 unspecified atom stereocenters. The summed E-state index contributed by atoms with van der Waals surface area (Å²) in [7, 11) is 0. The first-order valence-electron chi connectivity index (χ1n) is 7.66. The fraction of sp³-hybridized carbons (Fsp3) is 0.562. The predicted molar refractivity (Wildman–Crippen MR) is 85.9 cm³/mol. The van der Waals surface area contributed by atoms with Gasteiger partial charge in [-0.2, -0.15) is 0 Å². The molecule has 2 aliphatic heterocycles. The minimum atomic E-state index is -0.452. The summed E-state index contributed by atoms with van der Waals surface area (Å²) in [5.74, 6) is -0.536. The number of carbonyl (C=O) groups is 1. The zero-order valence-electron chi connectivity index (χ0n) is 12.7. The lowest BCUT2D eigenvalue weighted by Crippen LogP contribution is -2.29. The van der Waals surface area contributed by atoms with Gasteiger partial charge in [0.05, 0.1) is 11.8 Å². The van der Waals surface area contributed by atoms with Crippen molar-refractivity contribution in [3.05, 3.63) is 29.1 Å². The molecule has 1 aromatic carbocycles. The third kappa shape index (κ3) is 3.42. The van der Waals surface area contributed by atoms with Crippen LogP contribution in [0.3, 0.4) is 0 Å². The molecule has 0 saturated carbocycles. The number of ether oxygens (including phenoxy) is 1. The smallest absolute Gasteiger partial charge is 0.253 e. The number of nitrogens with one attached hydrogen (secondary N) is 2. The van der Waals surface area contributed by atoms with Crippen LogP contribution in [0.15, 0.2) is 12.1 Å². The Morgan fingerprint density at radius 1 is 1.45 bits per heavy atom. The van der Waals surface area contributed by atoms with E-state index >= 15 is 0 Å². The van der Waals surface area contributed by atoms with Gasteiger partial charge in [-0.05, 0) is 49.4 Å². The molecule has 6 heteroatoms. The Morgan fingerprint density at radius 2 is 2.27 bits per heavy atom. The SMILES string of the molecule is CCC1CCC(C(=O)Nc2ccc3c(c2F)CCNC3)O1.Cl. The zero-order chi connectivity index (χ0) is 14.8. The van der Waals surface area contributed by atoms with Gasteiger partial charge in [0.25, 0.3) is 5.91 Å². The van der Waals surface area contributed by atoms with Crippen molar-refractivity contribution in [2.45, 2.75) is 51.4 Å². The highest BCUT2D eigenvalue weighted by molar-refractivity contribution is 5.94. The van der Waals surface area contributed by atoms with Crippen LogP contribution >= 0.6 is 12.4 Å². The second-order valence-electron chi connectivity index (χ2n) is 5.71. The Kier molecular flexibility index (Phi) is 5.78. The number of amides is 1. The van der Waals surface area contributed by atoms with Gasteiger partial charge >= 0.3 is 0 Å². The van der Waals surface area contributed by atoms with E-state index in [9.17, 15) is 9.18 Å². The van der Waals surface area contributed by atoms with Crippen LogP contribution < -0.4 is 10.6 Å². The summed E-state index contributed by atoms with van der Waals surface area (Å²) in [6.07, 6.45) is 2.87.